The molecule has 1 N–H and O–H groups in total. The molecule has 0 bridgehead atoms. The smallest absolute Gasteiger partial charge is 0.251 e. The summed E-state index contributed by atoms with van der Waals surface area (Å²) in [6.07, 6.45) is 1.48. The molecular weight excluding hydrogens is 484 g/mol. The number of rotatable bonds is 7. The number of amides is 2. The highest BCUT2D eigenvalue weighted by Crippen LogP contribution is 2.34. The molecule has 38 heavy (non-hydrogen) atoms. The average molecular weight is 513 g/mol. The van der Waals surface area contributed by atoms with Crippen molar-refractivity contribution in [3.8, 4) is 11.6 Å². The van der Waals surface area contributed by atoms with E-state index >= 15 is 0 Å². The number of anilines is 1. The number of carbonyl (C=O) groups excluding carboxylic acids is 2. The molecule has 194 valence electrons. The van der Waals surface area contributed by atoms with Gasteiger partial charge in [-0.2, -0.15) is 4.80 Å². The van der Waals surface area contributed by atoms with Crippen molar-refractivity contribution >= 4 is 28.3 Å². The minimum absolute atomic E-state index is 0.260. The van der Waals surface area contributed by atoms with Crippen molar-refractivity contribution in [1.29, 1.82) is 0 Å². The third kappa shape index (κ3) is 5.19. The Morgan fingerprint density at radius 1 is 1.03 bits per heavy atom. The summed E-state index contributed by atoms with van der Waals surface area (Å²) in [5.41, 5.74) is 0.0133. The van der Waals surface area contributed by atoms with E-state index in [0.717, 1.165) is 10.8 Å². The fourth-order valence-electron chi connectivity index (χ4n) is 4.26. The molecular formula is C28H28N6O4. The number of fused-ring (bicyclic) bond motifs is 1. The lowest BCUT2D eigenvalue weighted by molar-refractivity contribution is -0.128. The van der Waals surface area contributed by atoms with Crippen LogP contribution in [0.2, 0.25) is 0 Å². The van der Waals surface area contributed by atoms with Crippen molar-refractivity contribution in [2.45, 2.75) is 45.8 Å². The summed E-state index contributed by atoms with van der Waals surface area (Å²) in [6.45, 7) is 7.19. The van der Waals surface area contributed by atoms with E-state index in [1.54, 1.807) is 24.3 Å². The molecule has 1 atom stereocenters. The van der Waals surface area contributed by atoms with Gasteiger partial charge in [-0.3, -0.25) is 14.5 Å². The summed E-state index contributed by atoms with van der Waals surface area (Å²) in [5, 5.41) is 17.1. The standard InChI is InChI=1S/C28H28N6O4/c1-18-14-15-23(38-18)26-30-32-33(31-26)17-24(35)34(21-12-7-10-19-9-5-6-11-20(19)21)25(22-13-8-16-37-22)27(36)29-28(2,3)4/h5-16,25H,17H2,1-4H3,(H,29,36). The molecule has 0 saturated heterocycles. The van der Waals surface area contributed by atoms with Crippen LogP contribution in [0.1, 0.15) is 38.3 Å². The molecule has 1 unspecified atom stereocenters. The normalized spacial score (nSPS) is 12.4. The molecule has 0 aliphatic heterocycles. The van der Waals surface area contributed by atoms with Gasteiger partial charge in [0.1, 0.15) is 18.1 Å². The third-order valence-electron chi connectivity index (χ3n) is 5.80. The summed E-state index contributed by atoms with van der Waals surface area (Å²) >= 11 is 0. The second-order valence-corrected chi connectivity index (χ2v) is 9.97. The van der Waals surface area contributed by atoms with Gasteiger partial charge < -0.3 is 14.2 Å². The molecule has 3 aromatic heterocycles. The van der Waals surface area contributed by atoms with Crippen LogP contribution in [-0.2, 0) is 16.1 Å². The van der Waals surface area contributed by atoms with E-state index in [4.69, 9.17) is 8.83 Å². The maximum atomic E-state index is 14.1. The molecule has 0 fully saturated rings. The molecule has 2 aromatic carbocycles. The van der Waals surface area contributed by atoms with Crippen molar-refractivity contribution in [2.24, 2.45) is 0 Å². The molecule has 0 aliphatic rings. The Morgan fingerprint density at radius 2 is 1.82 bits per heavy atom. The van der Waals surface area contributed by atoms with Crippen LogP contribution in [0.15, 0.2) is 81.8 Å². The number of furan rings is 2. The fraction of sp³-hybridized carbons (Fsp3) is 0.250. The van der Waals surface area contributed by atoms with Crippen molar-refractivity contribution in [3.63, 3.8) is 0 Å². The van der Waals surface area contributed by atoms with Gasteiger partial charge in [0, 0.05) is 10.9 Å². The van der Waals surface area contributed by atoms with E-state index in [1.807, 2.05) is 70.2 Å². The van der Waals surface area contributed by atoms with E-state index < -0.39 is 17.5 Å². The minimum atomic E-state index is -1.08. The van der Waals surface area contributed by atoms with E-state index in [1.165, 1.54) is 16.0 Å². The number of hydrogen-bond donors (Lipinski definition) is 1. The molecule has 0 radical (unpaired) electrons. The maximum Gasteiger partial charge on any atom is 0.251 e. The Kier molecular flexibility index (Phi) is 6.54. The Labute approximate surface area is 219 Å². The summed E-state index contributed by atoms with van der Waals surface area (Å²) in [5.74, 6) is 0.936. The van der Waals surface area contributed by atoms with E-state index in [0.29, 0.717) is 23.0 Å². The van der Waals surface area contributed by atoms with Gasteiger partial charge in [-0.1, -0.05) is 36.4 Å². The summed E-state index contributed by atoms with van der Waals surface area (Å²) in [4.78, 5) is 30.4. The molecule has 5 aromatic rings. The largest absolute Gasteiger partial charge is 0.467 e. The summed E-state index contributed by atoms with van der Waals surface area (Å²) in [6, 6.07) is 19.1. The first-order valence-corrected chi connectivity index (χ1v) is 12.2. The van der Waals surface area contributed by atoms with Gasteiger partial charge in [0.15, 0.2) is 11.8 Å². The van der Waals surface area contributed by atoms with Crippen LogP contribution in [0.4, 0.5) is 5.69 Å². The van der Waals surface area contributed by atoms with Gasteiger partial charge >= 0.3 is 0 Å². The number of benzene rings is 2. The molecule has 10 heteroatoms. The Morgan fingerprint density at radius 3 is 2.53 bits per heavy atom. The lowest BCUT2D eigenvalue weighted by atomic mass is 10.0. The zero-order chi connectivity index (χ0) is 26.9. The van der Waals surface area contributed by atoms with Gasteiger partial charge in [0.25, 0.3) is 11.8 Å². The molecule has 0 saturated carbocycles. The second kappa shape index (κ2) is 9.97. The molecule has 0 spiro atoms. The van der Waals surface area contributed by atoms with Crippen LogP contribution >= 0.6 is 0 Å². The predicted octanol–water partition coefficient (Wildman–Crippen LogP) is 4.68. The quantitative estimate of drug-likeness (QED) is 0.336. The van der Waals surface area contributed by atoms with Crippen LogP contribution < -0.4 is 10.2 Å². The highest BCUT2D eigenvalue weighted by atomic mass is 16.3. The topological polar surface area (TPSA) is 119 Å². The van der Waals surface area contributed by atoms with Crippen molar-refractivity contribution in [3.05, 3.63) is 84.5 Å². The van der Waals surface area contributed by atoms with Crippen LogP contribution in [0, 0.1) is 6.92 Å². The van der Waals surface area contributed by atoms with Crippen LogP contribution in [0.25, 0.3) is 22.4 Å². The van der Waals surface area contributed by atoms with Crippen LogP contribution in [-0.4, -0.2) is 37.6 Å². The van der Waals surface area contributed by atoms with Crippen LogP contribution in [0.5, 0.6) is 0 Å². The van der Waals surface area contributed by atoms with Gasteiger partial charge in [-0.25, -0.2) is 0 Å². The first-order valence-electron chi connectivity index (χ1n) is 12.2. The number of hydrogen-bond acceptors (Lipinski definition) is 7. The number of aromatic nitrogens is 4. The Balaban J connectivity index is 1.59. The number of nitrogens with one attached hydrogen (secondary N) is 1. The van der Waals surface area contributed by atoms with Crippen molar-refractivity contribution in [2.75, 3.05) is 4.90 Å². The molecule has 5 rings (SSSR count). The zero-order valence-corrected chi connectivity index (χ0v) is 21.6. The SMILES string of the molecule is Cc1ccc(-c2nnn(CC(=O)N(c3cccc4ccccc34)C(C(=O)NC(C)(C)C)c3ccco3)n2)o1. The minimum Gasteiger partial charge on any atom is -0.467 e. The first kappa shape index (κ1) is 24.9. The molecule has 2 amide bonds. The van der Waals surface area contributed by atoms with E-state index in [2.05, 4.69) is 20.7 Å². The monoisotopic (exact) mass is 512 g/mol. The third-order valence-corrected chi connectivity index (χ3v) is 5.80. The lowest BCUT2D eigenvalue weighted by Crippen LogP contribution is -2.50. The number of aryl methyl sites for hydroxylation is 1. The lowest BCUT2D eigenvalue weighted by Gasteiger charge is -2.33. The highest BCUT2D eigenvalue weighted by Gasteiger charge is 2.37. The van der Waals surface area contributed by atoms with Gasteiger partial charge in [0.05, 0.1) is 12.0 Å². The summed E-state index contributed by atoms with van der Waals surface area (Å²) in [7, 11) is 0. The van der Waals surface area contributed by atoms with E-state index in [-0.39, 0.29) is 18.3 Å². The van der Waals surface area contributed by atoms with Gasteiger partial charge in [0.2, 0.25) is 5.82 Å². The van der Waals surface area contributed by atoms with Gasteiger partial charge in [-0.05, 0) is 68.6 Å². The highest BCUT2D eigenvalue weighted by molar-refractivity contribution is 6.07. The molecule has 0 aliphatic carbocycles. The molecule has 3 heterocycles. The zero-order valence-electron chi connectivity index (χ0n) is 21.6. The fourth-order valence-corrected chi connectivity index (χ4v) is 4.26. The maximum absolute atomic E-state index is 14.1. The average Bonchev–Trinajstić information content (AvgIpc) is 3.63. The predicted molar refractivity (Wildman–Crippen MR) is 141 cm³/mol. The van der Waals surface area contributed by atoms with Crippen molar-refractivity contribution in [1.82, 2.24) is 25.5 Å². The second-order valence-electron chi connectivity index (χ2n) is 9.97. The molecule has 10 nitrogen and oxygen atoms in total. The first-order chi connectivity index (χ1) is 18.2. The van der Waals surface area contributed by atoms with E-state index in [9.17, 15) is 9.59 Å². The Hall–Kier alpha value is -4.73. The number of carbonyl (C=O) groups is 2. The van der Waals surface area contributed by atoms with Gasteiger partial charge in [-0.15, -0.1) is 10.2 Å². The summed E-state index contributed by atoms with van der Waals surface area (Å²) < 4.78 is 11.3. The number of tetrazole rings is 1. The van der Waals surface area contributed by atoms with Crippen molar-refractivity contribution < 1.29 is 18.4 Å². The van der Waals surface area contributed by atoms with Crippen LogP contribution in [0.3, 0.4) is 0 Å². The Bertz CT molecular complexity index is 1570. The number of nitrogens with zero attached hydrogens (tertiary/aromatic N) is 5.